The summed E-state index contributed by atoms with van der Waals surface area (Å²) >= 11 is 0. The summed E-state index contributed by atoms with van der Waals surface area (Å²) in [6.45, 7) is 9.41. The monoisotopic (exact) mass is 255 g/mol. The Hall–Kier alpha value is -0.650. The van der Waals surface area contributed by atoms with Gasteiger partial charge in [0.15, 0.2) is 0 Å². The highest BCUT2D eigenvalue weighted by atomic mass is 16.5. The zero-order valence-electron chi connectivity index (χ0n) is 11.9. The molecule has 0 saturated carbocycles. The molecule has 5 heteroatoms. The summed E-state index contributed by atoms with van der Waals surface area (Å²) in [7, 11) is 2.10. The van der Waals surface area contributed by atoms with Gasteiger partial charge in [-0.2, -0.15) is 0 Å². The molecule has 2 fully saturated rings. The van der Waals surface area contributed by atoms with Crippen molar-refractivity contribution in [2.75, 3.05) is 33.3 Å². The molecule has 0 aromatic heterocycles. The zero-order valence-corrected chi connectivity index (χ0v) is 11.9. The Labute approximate surface area is 109 Å². The number of ether oxygens (including phenoxy) is 1. The second-order valence-corrected chi connectivity index (χ2v) is 5.72. The minimum absolute atomic E-state index is 0.0956. The summed E-state index contributed by atoms with van der Waals surface area (Å²) in [6.07, 6.45) is 1.05. The first kappa shape index (κ1) is 13.8. The van der Waals surface area contributed by atoms with Gasteiger partial charge in [-0.15, -0.1) is 0 Å². The van der Waals surface area contributed by atoms with Gasteiger partial charge in [0, 0.05) is 19.6 Å². The van der Waals surface area contributed by atoms with Crippen LogP contribution in [0, 0.1) is 0 Å². The van der Waals surface area contributed by atoms with Gasteiger partial charge in [-0.05, 0) is 27.3 Å². The molecular formula is C13H25N3O2. The molecule has 2 heterocycles. The van der Waals surface area contributed by atoms with Crippen LogP contribution in [0.3, 0.4) is 0 Å². The van der Waals surface area contributed by atoms with Gasteiger partial charge in [0.1, 0.15) is 0 Å². The third-order valence-electron chi connectivity index (χ3n) is 4.18. The van der Waals surface area contributed by atoms with Gasteiger partial charge in [0.05, 0.1) is 24.4 Å². The van der Waals surface area contributed by atoms with Crippen molar-refractivity contribution in [1.82, 2.24) is 15.1 Å². The first-order valence-corrected chi connectivity index (χ1v) is 6.85. The van der Waals surface area contributed by atoms with E-state index in [1.807, 2.05) is 25.7 Å². The number of carbonyl (C=O) groups is 1. The van der Waals surface area contributed by atoms with Crippen molar-refractivity contribution in [3.63, 3.8) is 0 Å². The average molecular weight is 255 g/mol. The van der Waals surface area contributed by atoms with Gasteiger partial charge in [-0.3, -0.25) is 10.1 Å². The van der Waals surface area contributed by atoms with E-state index in [9.17, 15) is 4.79 Å². The molecule has 2 saturated heterocycles. The number of nitrogens with zero attached hydrogens (tertiary/aromatic N) is 2. The van der Waals surface area contributed by atoms with Crippen LogP contribution in [0.25, 0.3) is 0 Å². The van der Waals surface area contributed by atoms with Gasteiger partial charge < -0.3 is 14.5 Å². The Kier molecular flexibility index (Phi) is 3.94. The number of rotatable bonds is 3. The molecule has 0 bridgehead atoms. The molecule has 2 aliphatic rings. The van der Waals surface area contributed by atoms with Crippen molar-refractivity contribution in [1.29, 1.82) is 0 Å². The number of hydrogen-bond acceptors (Lipinski definition) is 4. The minimum atomic E-state index is -0.403. The Balaban J connectivity index is 1.99. The Morgan fingerprint density at radius 3 is 2.83 bits per heavy atom. The largest absolute Gasteiger partial charge is 0.374 e. The van der Waals surface area contributed by atoms with Gasteiger partial charge in [-0.1, -0.05) is 6.92 Å². The summed E-state index contributed by atoms with van der Waals surface area (Å²) in [5, 5.41) is 3.39. The molecule has 5 nitrogen and oxygen atoms in total. The molecule has 1 amide bonds. The molecule has 0 aromatic rings. The first-order valence-electron chi connectivity index (χ1n) is 6.85. The predicted molar refractivity (Wildman–Crippen MR) is 70.2 cm³/mol. The van der Waals surface area contributed by atoms with Crippen molar-refractivity contribution < 1.29 is 9.53 Å². The third kappa shape index (κ3) is 2.53. The maximum absolute atomic E-state index is 12.4. The molecule has 18 heavy (non-hydrogen) atoms. The SMILES string of the molecule is CCC1(C)NC(C)N(CC2CN(C)CCO2)C1=O. The van der Waals surface area contributed by atoms with Crippen LogP contribution in [0.2, 0.25) is 0 Å². The van der Waals surface area contributed by atoms with E-state index in [4.69, 9.17) is 4.74 Å². The number of nitrogens with one attached hydrogen (secondary N) is 1. The lowest BCUT2D eigenvalue weighted by Crippen LogP contribution is -2.49. The Morgan fingerprint density at radius 2 is 2.28 bits per heavy atom. The number of likely N-dealkylation sites (N-methyl/N-ethyl adjacent to an activating group) is 1. The number of amides is 1. The fourth-order valence-electron chi connectivity index (χ4n) is 2.78. The van der Waals surface area contributed by atoms with Crippen LogP contribution < -0.4 is 5.32 Å². The highest BCUT2D eigenvalue weighted by molar-refractivity contribution is 5.88. The van der Waals surface area contributed by atoms with E-state index < -0.39 is 5.54 Å². The zero-order chi connectivity index (χ0) is 13.3. The summed E-state index contributed by atoms with van der Waals surface area (Å²) < 4.78 is 5.75. The van der Waals surface area contributed by atoms with E-state index in [0.29, 0.717) is 6.54 Å². The van der Waals surface area contributed by atoms with Crippen LogP contribution in [0.1, 0.15) is 27.2 Å². The standard InChI is InChI=1S/C13H25N3O2/c1-5-13(3)12(17)16(10(2)14-13)9-11-8-15(4)6-7-18-11/h10-11,14H,5-9H2,1-4H3. The second kappa shape index (κ2) is 5.15. The van der Waals surface area contributed by atoms with E-state index in [-0.39, 0.29) is 18.2 Å². The highest BCUT2D eigenvalue weighted by Crippen LogP contribution is 2.24. The van der Waals surface area contributed by atoms with Crippen LogP contribution in [0.15, 0.2) is 0 Å². The highest BCUT2D eigenvalue weighted by Gasteiger charge is 2.45. The Morgan fingerprint density at radius 1 is 1.56 bits per heavy atom. The molecule has 0 aromatic carbocycles. The number of morpholine rings is 1. The van der Waals surface area contributed by atoms with Gasteiger partial charge >= 0.3 is 0 Å². The van der Waals surface area contributed by atoms with E-state index in [1.165, 1.54) is 0 Å². The van der Waals surface area contributed by atoms with E-state index in [2.05, 4.69) is 17.3 Å². The fraction of sp³-hybridized carbons (Fsp3) is 0.923. The molecule has 104 valence electrons. The Bertz CT molecular complexity index is 323. The fourth-order valence-corrected chi connectivity index (χ4v) is 2.78. The minimum Gasteiger partial charge on any atom is -0.374 e. The van der Waals surface area contributed by atoms with Crippen LogP contribution in [-0.2, 0) is 9.53 Å². The molecule has 3 atom stereocenters. The predicted octanol–water partition coefficient (Wildman–Crippen LogP) is 0.264. The van der Waals surface area contributed by atoms with Crippen molar-refractivity contribution in [3.8, 4) is 0 Å². The van der Waals surface area contributed by atoms with Crippen LogP contribution in [-0.4, -0.2) is 66.8 Å². The summed E-state index contributed by atoms with van der Waals surface area (Å²) in [5.41, 5.74) is -0.403. The maximum atomic E-state index is 12.4. The molecule has 3 unspecified atom stereocenters. The third-order valence-corrected chi connectivity index (χ3v) is 4.18. The molecule has 2 aliphatic heterocycles. The summed E-state index contributed by atoms with van der Waals surface area (Å²) in [4.78, 5) is 16.6. The van der Waals surface area contributed by atoms with Gasteiger partial charge in [0.25, 0.3) is 0 Å². The van der Waals surface area contributed by atoms with Crippen molar-refractivity contribution >= 4 is 5.91 Å². The molecule has 0 aliphatic carbocycles. The number of hydrogen-bond donors (Lipinski definition) is 1. The summed E-state index contributed by atoms with van der Waals surface area (Å²) in [6, 6.07) is 0. The van der Waals surface area contributed by atoms with Crippen LogP contribution >= 0.6 is 0 Å². The normalized spacial score (nSPS) is 38.4. The quantitative estimate of drug-likeness (QED) is 0.786. The lowest BCUT2D eigenvalue weighted by atomic mass is 9.99. The van der Waals surface area contributed by atoms with Crippen LogP contribution in [0.5, 0.6) is 0 Å². The van der Waals surface area contributed by atoms with E-state index in [0.717, 1.165) is 26.1 Å². The van der Waals surface area contributed by atoms with Crippen LogP contribution in [0.4, 0.5) is 0 Å². The lowest BCUT2D eigenvalue weighted by Gasteiger charge is -2.33. The smallest absolute Gasteiger partial charge is 0.243 e. The topological polar surface area (TPSA) is 44.8 Å². The molecule has 1 N–H and O–H groups in total. The van der Waals surface area contributed by atoms with Gasteiger partial charge in [0.2, 0.25) is 5.91 Å². The maximum Gasteiger partial charge on any atom is 0.243 e. The van der Waals surface area contributed by atoms with E-state index in [1.54, 1.807) is 0 Å². The van der Waals surface area contributed by atoms with Crippen molar-refractivity contribution in [2.24, 2.45) is 0 Å². The van der Waals surface area contributed by atoms with Gasteiger partial charge in [-0.25, -0.2) is 0 Å². The van der Waals surface area contributed by atoms with E-state index >= 15 is 0 Å². The molecular weight excluding hydrogens is 230 g/mol. The molecule has 0 spiro atoms. The van der Waals surface area contributed by atoms with Crippen molar-refractivity contribution in [2.45, 2.75) is 45.0 Å². The average Bonchev–Trinajstić information content (AvgIpc) is 2.54. The van der Waals surface area contributed by atoms with Crippen molar-refractivity contribution in [3.05, 3.63) is 0 Å². The number of carbonyl (C=O) groups excluding carboxylic acids is 1. The summed E-state index contributed by atoms with van der Waals surface area (Å²) in [5.74, 6) is 0.203. The second-order valence-electron chi connectivity index (χ2n) is 5.72. The first-order chi connectivity index (χ1) is 8.46. The lowest BCUT2D eigenvalue weighted by molar-refractivity contribution is -0.135. The molecule has 0 radical (unpaired) electrons. The molecule has 2 rings (SSSR count).